The normalized spacial score (nSPS) is 26.0. The molecular formula is C10H19Br3N8O2. The topological polar surface area (TPSA) is 116 Å². The molecule has 10 nitrogen and oxygen atoms in total. The van der Waals surface area contributed by atoms with Crippen molar-refractivity contribution in [2.45, 2.75) is 33.2 Å². The number of aromatic nitrogens is 8. The maximum absolute atomic E-state index is 11.8. The van der Waals surface area contributed by atoms with E-state index < -0.39 is 60.4 Å². The monoisotopic (exact) mass is 538 g/mol. The number of H-pyrrole nitrogens is 1. The summed E-state index contributed by atoms with van der Waals surface area (Å²) in [5.74, 6) is 0. The first kappa shape index (κ1) is 6.48. The molecule has 0 amide bonds. The van der Waals surface area contributed by atoms with Crippen molar-refractivity contribution in [2.24, 2.45) is 0 Å². The van der Waals surface area contributed by atoms with Gasteiger partial charge in [-0.1, -0.05) is 47.8 Å². The average molecular weight is 541 g/mol. The standard InChI is InChI=1S/C5H9BrN4O.C3H6N4O.C2H4Br2/c1-2-9-5(11)10(4-3-6)8-7-9;1-2-7-3(8)4-5-6-7;3-1-2-4/h2-4H2,1H3;2H2,1H3,(H,4,6,8);1-2H2/i1D3,2D2,3D2,4D2;1D3,2D2;1D2,2D2. The van der Waals surface area contributed by atoms with Crippen LogP contribution in [0.4, 0.5) is 0 Å². The fourth-order valence-corrected chi connectivity index (χ4v) is 0.866. The summed E-state index contributed by atoms with van der Waals surface area (Å²) in [6.07, 6.45) is 0. The van der Waals surface area contributed by atoms with Gasteiger partial charge in [0, 0.05) is 45.3 Å². The van der Waals surface area contributed by atoms with Gasteiger partial charge in [0.2, 0.25) is 0 Å². The second-order valence-corrected chi connectivity index (χ2v) is 3.81. The Hall–Kier alpha value is -0.820. The molecule has 0 fully saturated rings. The van der Waals surface area contributed by atoms with E-state index in [9.17, 15) is 9.59 Å². The van der Waals surface area contributed by atoms with E-state index in [4.69, 9.17) is 24.7 Å². The second kappa shape index (κ2) is 13.6. The van der Waals surface area contributed by atoms with Gasteiger partial charge in [0.15, 0.2) is 0 Å². The molecule has 0 spiro atoms. The molecule has 132 valence electrons. The van der Waals surface area contributed by atoms with Crippen LogP contribution in [0.1, 0.15) is 38.4 Å². The minimum atomic E-state index is -3.24. The highest BCUT2D eigenvalue weighted by Gasteiger charge is 2.02. The largest absolute Gasteiger partial charge is 0.363 e. The van der Waals surface area contributed by atoms with Crippen LogP contribution in [0.25, 0.3) is 0 Å². The van der Waals surface area contributed by atoms with Crippen LogP contribution >= 0.6 is 47.8 Å². The van der Waals surface area contributed by atoms with E-state index in [0.29, 0.717) is 0 Å². The lowest BCUT2D eigenvalue weighted by Crippen LogP contribution is -2.25. The summed E-state index contributed by atoms with van der Waals surface area (Å²) in [5.41, 5.74) is -2.53. The van der Waals surface area contributed by atoms with E-state index in [-0.39, 0.29) is 14.0 Å². The Bertz CT molecular complexity index is 1200. The molecule has 2 aromatic rings. The summed E-state index contributed by atoms with van der Waals surface area (Å²) in [5, 5.41) is 7.10. The van der Waals surface area contributed by atoms with Gasteiger partial charge in [-0.25, -0.2) is 14.7 Å². The highest BCUT2D eigenvalue weighted by atomic mass is 79.9. The lowest BCUT2D eigenvalue weighted by atomic mass is 10.7. The van der Waals surface area contributed by atoms with Crippen LogP contribution in [-0.4, -0.2) is 55.8 Å². The smallest absolute Gasteiger partial charge is 0.245 e. The van der Waals surface area contributed by atoms with Crippen molar-refractivity contribution in [2.75, 3.05) is 15.8 Å². The predicted octanol–water partition coefficient (Wildman–Crippen LogP) is 0.617. The number of tetrazole rings is 2. The molecule has 2 rings (SSSR count). The van der Waals surface area contributed by atoms with E-state index >= 15 is 0 Å². The van der Waals surface area contributed by atoms with E-state index in [0.717, 1.165) is 0 Å². The van der Waals surface area contributed by atoms with Crippen LogP contribution < -0.4 is 11.4 Å². The summed E-state index contributed by atoms with van der Waals surface area (Å²) in [4.78, 5) is 22.6. The van der Waals surface area contributed by atoms with Gasteiger partial charge < -0.3 is 0 Å². The fourth-order valence-electron chi connectivity index (χ4n) is 0.698. The number of nitrogens with one attached hydrogen (secondary N) is 1. The lowest BCUT2D eigenvalue weighted by molar-refractivity contribution is 0.609. The molecule has 0 saturated heterocycles. The van der Waals surface area contributed by atoms with Crippen LogP contribution in [0.5, 0.6) is 0 Å². The molecule has 13 heteroatoms. The van der Waals surface area contributed by atoms with E-state index in [1.165, 1.54) is 0 Å². The van der Waals surface area contributed by atoms with E-state index in [1.54, 1.807) is 5.10 Å². The highest BCUT2D eigenvalue weighted by molar-refractivity contribution is 9.12. The van der Waals surface area contributed by atoms with Crippen molar-refractivity contribution in [3.63, 3.8) is 0 Å². The van der Waals surface area contributed by atoms with Crippen LogP contribution in [-0.2, 0) is 19.5 Å². The molecule has 2 aromatic heterocycles. The first-order chi connectivity index (χ1) is 17.7. The Balaban J connectivity index is 0.000000652. The molecule has 0 aliphatic carbocycles. The van der Waals surface area contributed by atoms with Crippen LogP contribution in [0, 0.1) is 0 Å². The van der Waals surface area contributed by atoms with Crippen molar-refractivity contribution in [1.82, 2.24) is 40.0 Å². The Morgan fingerprint density at radius 3 is 2.09 bits per heavy atom. The molecule has 0 atom stereocenters. The number of halogens is 3. The van der Waals surface area contributed by atoms with Crippen LogP contribution in [0.2, 0.25) is 0 Å². The van der Waals surface area contributed by atoms with Crippen molar-refractivity contribution >= 4 is 47.8 Å². The number of aryl methyl sites for hydroxylation is 3. The molecule has 0 saturated carbocycles. The summed E-state index contributed by atoms with van der Waals surface area (Å²) in [6.45, 7) is -15.3. The molecule has 0 aliphatic heterocycles. The van der Waals surface area contributed by atoms with Crippen molar-refractivity contribution in [3.8, 4) is 0 Å². The summed E-state index contributed by atoms with van der Waals surface area (Å²) in [6, 6.07) is 0. The quantitative estimate of drug-likeness (QED) is 0.556. The second-order valence-electron chi connectivity index (χ2n) is 2.62. The molecule has 0 bridgehead atoms. The Labute approximate surface area is 183 Å². The third-order valence-corrected chi connectivity index (χ3v) is 2.56. The predicted molar refractivity (Wildman–Crippen MR) is 97.7 cm³/mol. The molecule has 0 unspecified atom stereocenters. The number of aromatic amines is 1. The summed E-state index contributed by atoms with van der Waals surface area (Å²) >= 11 is 7.41. The van der Waals surface area contributed by atoms with Gasteiger partial charge in [-0.2, -0.15) is 14.0 Å². The Morgan fingerprint density at radius 2 is 1.61 bits per heavy atom. The highest BCUT2D eigenvalue weighted by Crippen LogP contribution is 1.83. The third kappa shape index (κ3) is 8.55. The molecule has 1 N–H and O–H groups in total. The third-order valence-electron chi connectivity index (χ3n) is 1.45. The zero-order valence-electron chi connectivity index (χ0n) is 28.6. The molecule has 0 aliphatic rings. The minimum Gasteiger partial charge on any atom is -0.245 e. The minimum absolute atomic E-state index is 0.0642. The van der Waals surface area contributed by atoms with Crippen molar-refractivity contribution < 1.29 is 24.7 Å². The molecular weight excluding hydrogens is 504 g/mol. The molecule has 0 radical (unpaired) electrons. The van der Waals surface area contributed by atoms with Gasteiger partial charge in [-0.05, 0) is 34.6 Å². The SMILES string of the molecule is [2H]C([2H])(Br)C([2H])([2H])Br.[2H]C([2H])([2H])C([2H])([2H])n1nn[nH]c1=O.[2H]C([2H])([2H])C([2H])([2H])n1nnn(C([2H])([2H])C([2H])([2H])Br)c1=O. The van der Waals surface area contributed by atoms with Gasteiger partial charge in [0.05, 0.1) is 14.7 Å². The zero-order valence-corrected chi connectivity index (χ0v) is 15.3. The number of nitrogens with zero attached hydrogens (tertiary/aromatic N) is 7. The van der Waals surface area contributed by atoms with Crippen LogP contribution in [0.3, 0.4) is 0 Å². The van der Waals surface area contributed by atoms with Gasteiger partial charge in [0.25, 0.3) is 0 Å². The number of hydrogen-bond donors (Lipinski definition) is 1. The maximum Gasteiger partial charge on any atom is 0.363 e. The number of rotatable bonds is 5. The average Bonchev–Trinajstić information content (AvgIpc) is 3.31. The zero-order chi connectivity index (χ0) is 33.4. The van der Waals surface area contributed by atoms with Crippen molar-refractivity contribution in [3.05, 3.63) is 21.0 Å². The maximum atomic E-state index is 11.8. The first-order valence-electron chi connectivity index (χ1n) is 13.8. The molecule has 2 heterocycles. The fraction of sp³-hybridized carbons (Fsp3) is 0.800. The summed E-state index contributed by atoms with van der Waals surface area (Å²) < 4.78 is 127. The van der Waals surface area contributed by atoms with E-state index in [2.05, 4.69) is 68.6 Å². The van der Waals surface area contributed by atoms with Crippen molar-refractivity contribution in [1.29, 1.82) is 0 Å². The number of hydrogen-bond acceptors (Lipinski definition) is 6. The first-order valence-corrected chi connectivity index (χ1v) is 7.17. The Morgan fingerprint density at radius 1 is 1.00 bits per heavy atom. The summed E-state index contributed by atoms with van der Waals surface area (Å²) in [7, 11) is 0. The van der Waals surface area contributed by atoms with E-state index in [1.807, 2.05) is 0 Å². The Kier molecular flexibility index (Phi) is 3.83. The molecule has 0 aromatic carbocycles. The molecule has 23 heavy (non-hydrogen) atoms. The van der Waals surface area contributed by atoms with Gasteiger partial charge in [0.1, 0.15) is 0 Å². The van der Waals surface area contributed by atoms with Gasteiger partial charge in [-0.3, -0.25) is 0 Å². The van der Waals surface area contributed by atoms with Gasteiger partial charge in [-0.15, -0.1) is 0 Å². The van der Waals surface area contributed by atoms with Crippen LogP contribution in [0.15, 0.2) is 9.59 Å². The number of alkyl halides is 3. The lowest BCUT2D eigenvalue weighted by Gasteiger charge is -1.90. The van der Waals surface area contributed by atoms with Gasteiger partial charge >= 0.3 is 11.4 Å².